The predicted molar refractivity (Wildman–Crippen MR) is 93.6 cm³/mol. The van der Waals surface area contributed by atoms with Crippen molar-refractivity contribution in [3.63, 3.8) is 0 Å². The largest absolute Gasteiger partial charge is 0.472 e. The first-order chi connectivity index (χ1) is 13.1. The molecular formula is C19H13FN2O5. The maximum Gasteiger partial charge on any atom is 0.258 e. The second-order valence-corrected chi connectivity index (χ2v) is 5.68. The Morgan fingerprint density at radius 1 is 0.889 bits per heavy atom. The molecule has 8 heteroatoms. The average molecular weight is 368 g/mol. The van der Waals surface area contributed by atoms with Crippen molar-refractivity contribution in [2.24, 2.45) is 0 Å². The number of hydrogen-bond donors (Lipinski definition) is 2. The topological polar surface area (TPSA) is 89.8 Å². The third kappa shape index (κ3) is 3.45. The molecule has 0 radical (unpaired) electrons. The van der Waals surface area contributed by atoms with Crippen LogP contribution in [0.1, 0.15) is 20.7 Å². The normalized spacial score (nSPS) is 11.9. The van der Waals surface area contributed by atoms with Crippen LogP contribution in [0.4, 0.5) is 15.8 Å². The first-order valence-electron chi connectivity index (χ1n) is 7.94. The molecule has 0 atom stereocenters. The minimum absolute atomic E-state index is 0.0651. The van der Waals surface area contributed by atoms with Gasteiger partial charge in [0.25, 0.3) is 11.8 Å². The van der Waals surface area contributed by atoms with Crippen molar-refractivity contribution in [3.05, 3.63) is 71.9 Å². The molecule has 0 bridgehead atoms. The fraction of sp³-hybridized carbons (Fsp3) is 0.0526. The number of furan rings is 1. The lowest BCUT2D eigenvalue weighted by Gasteiger charge is -2.10. The molecular weight excluding hydrogens is 355 g/mol. The van der Waals surface area contributed by atoms with Gasteiger partial charge in [-0.05, 0) is 42.5 Å². The molecule has 0 aliphatic carbocycles. The van der Waals surface area contributed by atoms with Crippen LogP contribution in [0.15, 0.2) is 59.4 Å². The zero-order valence-electron chi connectivity index (χ0n) is 13.8. The van der Waals surface area contributed by atoms with Crippen molar-refractivity contribution in [1.29, 1.82) is 0 Å². The van der Waals surface area contributed by atoms with E-state index in [9.17, 15) is 14.0 Å². The van der Waals surface area contributed by atoms with E-state index in [1.54, 1.807) is 18.2 Å². The Bertz CT molecular complexity index is 1020. The lowest BCUT2D eigenvalue weighted by molar-refractivity contribution is 0.101. The van der Waals surface area contributed by atoms with Gasteiger partial charge in [0.1, 0.15) is 12.1 Å². The first-order valence-corrected chi connectivity index (χ1v) is 7.94. The maximum atomic E-state index is 14.0. The second-order valence-electron chi connectivity index (χ2n) is 5.68. The molecule has 0 saturated carbocycles. The molecule has 0 unspecified atom stereocenters. The summed E-state index contributed by atoms with van der Waals surface area (Å²) in [5.41, 5.74) is 0.864. The molecule has 2 aromatic carbocycles. The number of carbonyl (C=O) groups excluding carboxylic acids is 2. The van der Waals surface area contributed by atoms with Crippen LogP contribution in [0, 0.1) is 5.82 Å². The number of benzene rings is 2. The number of fused-ring (bicyclic) bond motifs is 1. The highest BCUT2D eigenvalue weighted by molar-refractivity contribution is 6.06. The number of rotatable bonds is 4. The van der Waals surface area contributed by atoms with Gasteiger partial charge in [-0.3, -0.25) is 9.59 Å². The first kappa shape index (κ1) is 16.6. The number of nitrogens with one attached hydrogen (secondary N) is 2. The molecule has 136 valence electrons. The summed E-state index contributed by atoms with van der Waals surface area (Å²) in [6.45, 7) is 0.109. The van der Waals surface area contributed by atoms with Gasteiger partial charge in [0.05, 0.1) is 17.5 Å². The fourth-order valence-electron chi connectivity index (χ4n) is 2.53. The van der Waals surface area contributed by atoms with Gasteiger partial charge in [-0.25, -0.2) is 4.39 Å². The fourth-order valence-corrected chi connectivity index (χ4v) is 2.53. The van der Waals surface area contributed by atoms with Crippen LogP contribution in [0.2, 0.25) is 0 Å². The van der Waals surface area contributed by atoms with Crippen molar-refractivity contribution < 1.29 is 27.9 Å². The minimum Gasteiger partial charge on any atom is -0.472 e. The third-order valence-corrected chi connectivity index (χ3v) is 3.89. The summed E-state index contributed by atoms with van der Waals surface area (Å²) in [5.74, 6) is -0.519. The Kier molecular flexibility index (Phi) is 4.21. The van der Waals surface area contributed by atoms with E-state index in [2.05, 4.69) is 10.6 Å². The Hall–Kier alpha value is -3.81. The number of amides is 2. The average Bonchev–Trinajstić information content (AvgIpc) is 3.35. The van der Waals surface area contributed by atoms with E-state index in [1.807, 2.05) is 0 Å². The van der Waals surface area contributed by atoms with Crippen molar-refractivity contribution in [2.45, 2.75) is 0 Å². The Labute approximate surface area is 152 Å². The van der Waals surface area contributed by atoms with Crippen LogP contribution in [0.3, 0.4) is 0 Å². The summed E-state index contributed by atoms with van der Waals surface area (Å²) in [7, 11) is 0. The van der Waals surface area contributed by atoms with Crippen molar-refractivity contribution >= 4 is 23.2 Å². The van der Waals surface area contributed by atoms with E-state index >= 15 is 0 Å². The van der Waals surface area contributed by atoms with Gasteiger partial charge < -0.3 is 24.5 Å². The number of ether oxygens (including phenoxy) is 2. The van der Waals surface area contributed by atoms with Crippen LogP contribution in [-0.2, 0) is 0 Å². The highest BCUT2D eigenvalue weighted by Gasteiger charge is 2.17. The van der Waals surface area contributed by atoms with E-state index in [0.717, 1.165) is 6.07 Å². The SMILES string of the molecule is O=C(Nc1ccc(F)c(NC(=O)c2ccoc2)c1)c1ccc2c(c1)OCO2. The monoisotopic (exact) mass is 368 g/mol. The number of carbonyl (C=O) groups is 2. The van der Waals surface area contributed by atoms with E-state index in [0.29, 0.717) is 22.7 Å². The Morgan fingerprint density at radius 2 is 1.70 bits per heavy atom. The molecule has 7 nitrogen and oxygen atoms in total. The van der Waals surface area contributed by atoms with Crippen molar-refractivity contribution in [2.75, 3.05) is 17.4 Å². The molecule has 1 aliphatic rings. The molecule has 1 aliphatic heterocycles. The van der Waals surface area contributed by atoms with Gasteiger partial charge in [0.15, 0.2) is 11.5 Å². The van der Waals surface area contributed by atoms with Crippen LogP contribution in [0.5, 0.6) is 11.5 Å². The quantitative estimate of drug-likeness (QED) is 0.734. The molecule has 2 N–H and O–H groups in total. The summed E-state index contributed by atoms with van der Waals surface area (Å²) in [5, 5.41) is 5.09. The van der Waals surface area contributed by atoms with Gasteiger partial charge in [0, 0.05) is 11.3 Å². The molecule has 0 fully saturated rings. The summed E-state index contributed by atoms with van der Waals surface area (Å²) in [6, 6.07) is 10.1. The van der Waals surface area contributed by atoms with E-state index < -0.39 is 17.6 Å². The Balaban J connectivity index is 1.50. The number of hydrogen-bond acceptors (Lipinski definition) is 5. The van der Waals surface area contributed by atoms with Crippen molar-refractivity contribution in [3.8, 4) is 11.5 Å². The van der Waals surface area contributed by atoms with E-state index in [-0.39, 0.29) is 18.0 Å². The highest BCUT2D eigenvalue weighted by Crippen LogP contribution is 2.32. The van der Waals surface area contributed by atoms with E-state index in [1.165, 1.54) is 30.7 Å². The number of halogens is 1. The maximum absolute atomic E-state index is 14.0. The summed E-state index contributed by atoms with van der Waals surface area (Å²) in [4.78, 5) is 24.5. The molecule has 1 aromatic heterocycles. The van der Waals surface area contributed by atoms with Gasteiger partial charge >= 0.3 is 0 Å². The van der Waals surface area contributed by atoms with Crippen LogP contribution < -0.4 is 20.1 Å². The summed E-state index contributed by atoms with van der Waals surface area (Å²) in [6.07, 6.45) is 2.59. The van der Waals surface area contributed by atoms with Gasteiger partial charge in [-0.15, -0.1) is 0 Å². The molecule has 27 heavy (non-hydrogen) atoms. The predicted octanol–water partition coefficient (Wildman–Crippen LogP) is 3.65. The molecule has 3 aromatic rings. The summed E-state index contributed by atoms with van der Waals surface area (Å²) >= 11 is 0. The van der Waals surface area contributed by atoms with Crippen molar-refractivity contribution in [1.82, 2.24) is 0 Å². The van der Waals surface area contributed by atoms with Crippen LogP contribution >= 0.6 is 0 Å². The van der Waals surface area contributed by atoms with Gasteiger partial charge in [-0.1, -0.05) is 0 Å². The standard InChI is InChI=1S/C19H13FN2O5/c20-14-3-2-13(8-15(14)22-19(24)12-5-6-25-9-12)21-18(23)11-1-4-16-17(7-11)27-10-26-16/h1-9H,10H2,(H,21,23)(H,22,24). The molecule has 4 rings (SSSR count). The zero-order chi connectivity index (χ0) is 18.8. The van der Waals surface area contributed by atoms with E-state index in [4.69, 9.17) is 13.9 Å². The third-order valence-electron chi connectivity index (χ3n) is 3.89. The zero-order valence-corrected chi connectivity index (χ0v) is 13.8. The Morgan fingerprint density at radius 3 is 2.52 bits per heavy atom. The highest BCUT2D eigenvalue weighted by atomic mass is 19.1. The smallest absolute Gasteiger partial charge is 0.258 e. The lowest BCUT2D eigenvalue weighted by atomic mass is 10.1. The van der Waals surface area contributed by atoms with Crippen LogP contribution in [-0.4, -0.2) is 18.6 Å². The van der Waals surface area contributed by atoms with Crippen LogP contribution in [0.25, 0.3) is 0 Å². The lowest BCUT2D eigenvalue weighted by Crippen LogP contribution is -2.14. The molecule has 0 spiro atoms. The summed E-state index contributed by atoms with van der Waals surface area (Å²) < 4.78 is 29.3. The molecule has 2 heterocycles. The number of anilines is 2. The van der Waals surface area contributed by atoms with Gasteiger partial charge in [0.2, 0.25) is 6.79 Å². The molecule has 2 amide bonds. The second kappa shape index (κ2) is 6.83. The minimum atomic E-state index is -0.632. The van der Waals surface area contributed by atoms with Gasteiger partial charge in [-0.2, -0.15) is 0 Å². The molecule has 0 saturated heterocycles.